The van der Waals surface area contributed by atoms with Crippen molar-refractivity contribution >= 4 is 11.8 Å². The summed E-state index contributed by atoms with van der Waals surface area (Å²) in [4.78, 5) is 0.914. The molecule has 0 aliphatic carbocycles. The van der Waals surface area contributed by atoms with Crippen molar-refractivity contribution in [2.45, 2.75) is 17.9 Å². The molecular formula is C15H13F3OS. The molecule has 0 bridgehead atoms. The van der Waals surface area contributed by atoms with E-state index in [0.29, 0.717) is 0 Å². The molecule has 1 N–H and O–H groups in total. The van der Waals surface area contributed by atoms with Gasteiger partial charge in [-0.25, -0.2) is 13.2 Å². The molecule has 0 saturated carbocycles. The molecule has 0 radical (unpaired) electrons. The normalized spacial score (nSPS) is 12.4. The minimum atomic E-state index is -1.55. The number of hydrogen-bond donors (Lipinski definition) is 1. The van der Waals surface area contributed by atoms with Crippen LogP contribution in [-0.2, 0) is 0 Å². The van der Waals surface area contributed by atoms with Gasteiger partial charge in [-0.2, -0.15) is 0 Å². The zero-order valence-electron chi connectivity index (χ0n) is 10.7. The van der Waals surface area contributed by atoms with E-state index in [1.807, 2.05) is 31.2 Å². The van der Waals surface area contributed by atoms with Gasteiger partial charge >= 0.3 is 0 Å². The Bertz CT molecular complexity index is 599. The molecule has 2 rings (SSSR count). The van der Waals surface area contributed by atoms with Crippen LogP contribution < -0.4 is 0 Å². The quantitative estimate of drug-likeness (QED) is 0.673. The molecular weight excluding hydrogens is 285 g/mol. The maximum atomic E-state index is 13.5. The minimum absolute atomic E-state index is 0.158. The summed E-state index contributed by atoms with van der Waals surface area (Å²) in [6.07, 6.45) is -1.20. The molecule has 1 unspecified atom stereocenters. The van der Waals surface area contributed by atoms with Crippen LogP contribution >= 0.6 is 11.8 Å². The van der Waals surface area contributed by atoms with Gasteiger partial charge in [-0.05, 0) is 25.1 Å². The number of aryl methyl sites for hydroxylation is 1. The molecule has 20 heavy (non-hydrogen) atoms. The second kappa shape index (κ2) is 6.33. The molecule has 5 heteroatoms. The van der Waals surface area contributed by atoms with Crippen molar-refractivity contribution in [2.75, 3.05) is 5.75 Å². The molecule has 2 aromatic rings. The average molecular weight is 298 g/mol. The number of thioether (sulfide) groups is 1. The summed E-state index contributed by atoms with van der Waals surface area (Å²) < 4.78 is 39.4. The van der Waals surface area contributed by atoms with Gasteiger partial charge in [0.15, 0.2) is 17.5 Å². The van der Waals surface area contributed by atoms with Crippen molar-refractivity contribution in [3.05, 3.63) is 65.0 Å². The Morgan fingerprint density at radius 2 is 1.65 bits per heavy atom. The van der Waals surface area contributed by atoms with Gasteiger partial charge in [-0.15, -0.1) is 11.8 Å². The van der Waals surface area contributed by atoms with Crippen LogP contribution in [0.4, 0.5) is 13.2 Å². The lowest BCUT2D eigenvalue weighted by atomic mass is 10.1. The summed E-state index contributed by atoms with van der Waals surface area (Å²) in [5, 5.41) is 9.88. The third kappa shape index (κ3) is 3.35. The fraction of sp³-hybridized carbons (Fsp3) is 0.200. The fourth-order valence-electron chi connectivity index (χ4n) is 1.70. The summed E-state index contributed by atoms with van der Waals surface area (Å²) in [7, 11) is 0. The lowest BCUT2D eigenvalue weighted by molar-refractivity contribution is 0.197. The Hall–Kier alpha value is -1.46. The molecule has 2 aromatic carbocycles. The Morgan fingerprint density at radius 1 is 1.00 bits per heavy atom. The predicted octanol–water partition coefficient (Wildman–Crippen LogP) is 4.24. The van der Waals surface area contributed by atoms with Crippen molar-refractivity contribution in [2.24, 2.45) is 0 Å². The summed E-state index contributed by atoms with van der Waals surface area (Å²) in [6.45, 7) is 1.96. The Morgan fingerprint density at radius 3 is 2.30 bits per heavy atom. The molecule has 0 aliphatic heterocycles. The number of benzene rings is 2. The van der Waals surface area contributed by atoms with Gasteiger partial charge in [0.25, 0.3) is 0 Å². The highest BCUT2D eigenvalue weighted by molar-refractivity contribution is 7.99. The SMILES string of the molecule is Cc1ccc(SCC(O)c2ccc(F)c(F)c2F)cc1. The first-order valence-electron chi connectivity index (χ1n) is 6.00. The third-order valence-corrected chi connectivity index (χ3v) is 3.94. The largest absolute Gasteiger partial charge is 0.387 e. The lowest BCUT2D eigenvalue weighted by Crippen LogP contribution is -2.06. The zero-order valence-corrected chi connectivity index (χ0v) is 11.6. The van der Waals surface area contributed by atoms with Gasteiger partial charge in [-0.1, -0.05) is 23.8 Å². The number of rotatable bonds is 4. The molecule has 0 amide bonds. The molecule has 0 heterocycles. The summed E-state index contributed by atoms with van der Waals surface area (Å²) >= 11 is 1.32. The predicted molar refractivity (Wildman–Crippen MR) is 73.2 cm³/mol. The maximum absolute atomic E-state index is 13.5. The van der Waals surface area contributed by atoms with E-state index in [4.69, 9.17) is 0 Å². The highest BCUT2D eigenvalue weighted by Gasteiger charge is 2.19. The average Bonchev–Trinajstić information content (AvgIpc) is 2.44. The van der Waals surface area contributed by atoms with Gasteiger partial charge in [0.1, 0.15) is 0 Å². The number of aliphatic hydroxyl groups excluding tert-OH is 1. The molecule has 0 aromatic heterocycles. The van der Waals surface area contributed by atoms with Crippen LogP contribution in [0.3, 0.4) is 0 Å². The van der Waals surface area contributed by atoms with Crippen molar-refractivity contribution in [1.29, 1.82) is 0 Å². The van der Waals surface area contributed by atoms with E-state index in [2.05, 4.69) is 0 Å². The highest BCUT2D eigenvalue weighted by Crippen LogP contribution is 2.27. The van der Waals surface area contributed by atoms with Crippen LogP contribution in [0.1, 0.15) is 17.2 Å². The Balaban J connectivity index is 2.07. The van der Waals surface area contributed by atoms with Crippen LogP contribution in [0.5, 0.6) is 0 Å². The molecule has 1 nitrogen and oxygen atoms in total. The van der Waals surface area contributed by atoms with Crippen LogP contribution in [0, 0.1) is 24.4 Å². The molecule has 106 valence electrons. The fourth-order valence-corrected chi connectivity index (χ4v) is 2.56. The third-order valence-electron chi connectivity index (χ3n) is 2.85. The van der Waals surface area contributed by atoms with E-state index >= 15 is 0 Å². The van der Waals surface area contributed by atoms with E-state index < -0.39 is 23.6 Å². The van der Waals surface area contributed by atoms with E-state index in [-0.39, 0.29) is 11.3 Å². The smallest absolute Gasteiger partial charge is 0.194 e. The first-order valence-corrected chi connectivity index (χ1v) is 6.98. The Kier molecular flexibility index (Phi) is 4.73. The van der Waals surface area contributed by atoms with Crippen LogP contribution in [0.2, 0.25) is 0 Å². The first-order chi connectivity index (χ1) is 9.49. The number of aliphatic hydroxyl groups is 1. The second-order valence-electron chi connectivity index (χ2n) is 4.40. The standard InChI is InChI=1S/C15H13F3OS/c1-9-2-4-10(5-3-9)20-8-13(19)11-6-7-12(16)15(18)14(11)17/h2-7,13,19H,8H2,1H3. The van der Waals surface area contributed by atoms with E-state index in [1.54, 1.807) is 0 Å². The van der Waals surface area contributed by atoms with Gasteiger partial charge in [0.2, 0.25) is 0 Å². The van der Waals surface area contributed by atoms with Crippen molar-refractivity contribution in [3.63, 3.8) is 0 Å². The number of hydrogen-bond acceptors (Lipinski definition) is 2. The molecule has 1 atom stereocenters. The second-order valence-corrected chi connectivity index (χ2v) is 5.50. The van der Waals surface area contributed by atoms with Crippen LogP contribution in [0.15, 0.2) is 41.3 Å². The van der Waals surface area contributed by atoms with Gasteiger partial charge in [0, 0.05) is 16.2 Å². The van der Waals surface area contributed by atoms with E-state index in [9.17, 15) is 18.3 Å². The van der Waals surface area contributed by atoms with E-state index in [0.717, 1.165) is 22.6 Å². The first kappa shape index (κ1) is 14.9. The minimum Gasteiger partial charge on any atom is -0.387 e. The summed E-state index contributed by atoms with van der Waals surface area (Å²) in [5.74, 6) is -3.99. The van der Waals surface area contributed by atoms with Gasteiger partial charge in [0.05, 0.1) is 6.10 Å². The van der Waals surface area contributed by atoms with Gasteiger partial charge in [-0.3, -0.25) is 0 Å². The van der Waals surface area contributed by atoms with Crippen LogP contribution in [-0.4, -0.2) is 10.9 Å². The summed E-state index contributed by atoms with van der Waals surface area (Å²) in [6, 6.07) is 9.49. The topological polar surface area (TPSA) is 20.2 Å². The van der Waals surface area contributed by atoms with E-state index in [1.165, 1.54) is 11.8 Å². The molecule has 0 spiro atoms. The molecule has 0 fully saturated rings. The molecule has 0 saturated heterocycles. The zero-order chi connectivity index (χ0) is 14.7. The van der Waals surface area contributed by atoms with Crippen molar-refractivity contribution in [3.8, 4) is 0 Å². The maximum Gasteiger partial charge on any atom is 0.194 e. The lowest BCUT2D eigenvalue weighted by Gasteiger charge is -2.12. The summed E-state index contributed by atoms with van der Waals surface area (Å²) in [5.41, 5.74) is 0.880. The Labute approximate surface area is 119 Å². The molecule has 0 aliphatic rings. The van der Waals surface area contributed by atoms with Crippen molar-refractivity contribution in [1.82, 2.24) is 0 Å². The van der Waals surface area contributed by atoms with Gasteiger partial charge < -0.3 is 5.11 Å². The number of halogens is 3. The van der Waals surface area contributed by atoms with Crippen LogP contribution in [0.25, 0.3) is 0 Å². The van der Waals surface area contributed by atoms with Crippen molar-refractivity contribution < 1.29 is 18.3 Å². The highest BCUT2D eigenvalue weighted by atomic mass is 32.2. The monoisotopic (exact) mass is 298 g/mol.